The molecule has 0 aromatic heterocycles. The molecule has 0 saturated heterocycles. The van der Waals surface area contributed by atoms with Crippen LogP contribution in [0.4, 0.5) is 28.4 Å². The lowest BCUT2D eigenvalue weighted by Crippen LogP contribution is -2.26. The minimum Gasteiger partial charge on any atom is -0.338 e. The van der Waals surface area contributed by atoms with E-state index in [0.29, 0.717) is 0 Å². The SMILES string of the molecule is CCN1c2ccccc2N(c2ccc(C)cc2)c2ccccc21. The van der Waals surface area contributed by atoms with E-state index < -0.39 is 0 Å². The quantitative estimate of drug-likeness (QED) is 0.578. The molecule has 2 heteroatoms. The number of hydrogen-bond donors (Lipinski definition) is 0. The van der Waals surface area contributed by atoms with Crippen LogP contribution in [0.1, 0.15) is 12.5 Å². The molecule has 1 aliphatic rings. The summed E-state index contributed by atoms with van der Waals surface area (Å²) in [6, 6.07) is 26.0. The van der Waals surface area contributed by atoms with Gasteiger partial charge in [0, 0.05) is 12.2 Å². The Hall–Kier alpha value is -2.74. The van der Waals surface area contributed by atoms with Gasteiger partial charge in [0.25, 0.3) is 0 Å². The molecule has 0 radical (unpaired) electrons. The fourth-order valence-electron chi connectivity index (χ4n) is 3.34. The van der Waals surface area contributed by atoms with Gasteiger partial charge < -0.3 is 9.80 Å². The summed E-state index contributed by atoms with van der Waals surface area (Å²) < 4.78 is 0. The summed E-state index contributed by atoms with van der Waals surface area (Å²) in [6.45, 7) is 5.28. The summed E-state index contributed by atoms with van der Waals surface area (Å²) in [4.78, 5) is 4.74. The van der Waals surface area contributed by atoms with Crippen molar-refractivity contribution in [2.75, 3.05) is 16.3 Å². The normalized spacial score (nSPS) is 12.8. The molecule has 3 aromatic carbocycles. The van der Waals surface area contributed by atoms with Crippen molar-refractivity contribution in [2.45, 2.75) is 13.8 Å². The summed E-state index contributed by atoms with van der Waals surface area (Å²) in [5, 5.41) is 0. The molecule has 0 spiro atoms. The Morgan fingerprint density at radius 1 is 0.652 bits per heavy atom. The van der Waals surface area contributed by atoms with Crippen LogP contribution in [0.2, 0.25) is 0 Å². The van der Waals surface area contributed by atoms with Crippen LogP contribution in [0.25, 0.3) is 0 Å². The van der Waals surface area contributed by atoms with Gasteiger partial charge in [0.05, 0.1) is 22.7 Å². The number of para-hydroxylation sites is 4. The van der Waals surface area contributed by atoms with Crippen molar-refractivity contribution in [2.24, 2.45) is 0 Å². The minimum absolute atomic E-state index is 0.954. The first-order valence-corrected chi connectivity index (χ1v) is 8.12. The maximum absolute atomic E-state index is 2.38. The van der Waals surface area contributed by atoms with Gasteiger partial charge in [-0.05, 0) is 50.2 Å². The standard InChI is InChI=1S/C21H20N2/c1-3-22-18-8-4-6-10-20(18)23(17-14-12-16(2)13-15-17)21-11-7-5-9-19(21)22/h4-15H,3H2,1-2H3. The van der Waals surface area contributed by atoms with Crippen LogP contribution in [0.5, 0.6) is 0 Å². The summed E-state index contributed by atoms with van der Waals surface area (Å²) in [5.41, 5.74) is 7.46. The highest BCUT2D eigenvalue weighted by molar-refractivity contribution is 5.97. The molecule has 3 aromatic rings. The minimum atomic E-state index is 0.954. The Labute approximate surface area is 137 Å². The maximum atomic E-state index is 2.38. The zero-order chi connectivity index (χ0) is 15.8. The average Bonchev–Trinajstić information content (AvgIpc) is 2.60. The Morgan fingerprint density at radius 3 is 1.61 bits per heavy atom. The van der Waals surface area contributed by atoms with E-state index in [4.69, 9.17) is 0 Å². The lowest BCUT2D eigenvalue weighted by Gasteiger charge is -2.39. The number of rotatable bonds is 2. The second-order valence-electron chi connectivity index (χ2n) is 5.89. The Bertz CT molecular complexity index is 789. The molecular weight excluding hydrogens is 280 g/mol. The molecule has 0 amide bonds. The predicted octanol–water partition coefficient (Wildman–Crippen LogP) is 5.94. The summed E-state index contributed by atoms with van der Waals surface area (Å²) in [7, 11) is 0. The van der Waals surface area contributed by atoms with E-state index >= 15 is 0 Å². The van der Waals surface area contributed by atoms with E-state index in [1.54, 1.807) is 0 Å². The highest BCUT2D eigenvalue weighted by atomic mass is 15.3. The van der Waals surface area contributed by atoms with Crippen molar-refractivity contribution in [1.29, 1.82) is 0 Å². The van der Waals surface area contributed by atoms with E-state index in [1.165, 1.54) is 34.0 Å². The first-order chi connectivity index (χ1) is 11.3. The van der Waals surface area contributed by atoms with Gasteiger partial charge in [-0.25, -0.2) is 0 Å². The number of benzene rings is 3. The molecule has 23 heavy (non-hydrogen) atoms. The topological polar surface area (TPSA) is 6.48 Å². The lowest BCUT2D eigenvalue weighted by molar-refractivity contribution is 0.999. The number of nitrogens with zero attached hydrogens (tertiary/aromatic N) is 2. The van der Waals surface area contributed by atoms with Crippen LogP contribution in [-0.4, -0.2) is 6.54 Å². The second kappa shape index (κ2) is 5.47. The van der Waals surface area contributed by atoms with Crippen LogP contribution in [0.3, 0.4) is 0 Å². The van der Waals surface area contributed by atoms with Crippen LogP contribution < -0.4 is 9.80 Å². The van der Waals surface area contributed by atoms with E-state index in [0.717, 1.165) is 6.54 Å². The highest BCUT2D eigenvalue weighted by Crippen LogP contribution is 2.50. The molecule has 1 heterocycles. The molecular formula is C21H20N2. The largest absolute Gasteiger partial charge is 0.338 e. The van der Waals surface area contributed by atoms with Crippen molar-refractivity contribution in [1.82, 2.24) is 0 Å². The number of anilines is 5. The zero-order valence-corrected chi connectivity index (χ0v) is 13.5. The molecule has 0 bridgehead atoms. The van der Waals surface area contributed by atoms with Gasteiger partial charge >= 0.3 is 0 Å². The number of fused-ring (bicyclic) bond motifs is 2. The van der Waals surface area contributed by atoms with Crippen molar-refractivity contribution >= 4 is 28.4 Å². The second-order valence-corrected chi connectivity index (χ2v) is 5.89. The van der Waals surface area contributed by atoms with Gasteiger partial charge in [-0.3, -0.25) is 0 Å². The van der Waals surface area contributed by atoms with Crippen molar-refractivity contribution in [3.8, 4) is 0 Å². The van der Waals surface area contributed by atoms with Crippen molar-refractivity contribution in [3.05, 3.63) is 78.4 Å². The first-order valence-electron chi connectivity index (χ1n) is 8.12. The van der Waals surface area contributed by atoms with Gasteiger partial charge in [0.15, 0.2) is 0 Å². The third-order valence-electron chi connectivity index (χ3n) is 4.44. The van der Waals surface area contributed by atoms with E-state index in [2.05, 4.69) is 96.4 Å². The van der Waals surface area contributed by atoms with Gasteiger partial charge in [-0.2, -0.15) is 0 Å². The molecule has 0 fully saturated rings. The van der Waals surface area contributed by atoms with E-state index in [9.17, 15) is 0 Å². The summed E-state index contributed by atoms with van der Waals surface area (Å²) in [5.74, 6) is 0. The Kier molecular flexibility index (Phi) is 3.30. The van der Waals surface area contributed by atoms with Crippen molar-refractivity contribution in [3.63, 3.8) is 0 Å². The van der Waals surface area contributed by atoms with Crippen LogP contribution in [0, 0.1) is 6.92 Å². The van der Waals surface area contributed by atoms with Crippen LogP contribution >= 0.6 is 0 Å². The monoisotopic (exact) mass is 300 g/mol. The molecule has 1 aliphatic heterocycles. The maximum Gasteiger partial charge on any atom is 0.0699 e. The van der Waals surface area contributed by atoms with Gasteiger partial charge in [0.2, 0.25) is 0 Å². The molecule has 0 aliphatic carbocycles. The lowest BCUT2D eigenvalue weighted by atomic mass is 10.1. The first kappa shape index (κ1) is 13.9. The highest BCUT2D eigenvalue weighted by Gasteiger charge is 2.27. The predicted molar refractivity (Wildman–Crippen MR) is 98.5 cm³/mol. The van der Waals surface area contributed by atoms with Gasteiger partial charge in [-0.1, -0.05) is 42.0 Å². The summed E-state index contributed by atoms with van der Waals surface area (Å²) >= 11 is 0. The van der Waals surface area contributed by atoms with E-state index in [1.807, 2.05) is 0 Å². The third kappa shape index (κ3) is 2.18. The van der Waals surface area contributed by atoms with Crippen LogP contribution in [-0.2, 0) is 0 Å². The number of aryl methyl sites for hydroxylation is 1. The summed E-state index contributed by atoms with van der Waals surface area (Å²) in [6.07, 6.45) is 0. The van der Waals surface area contributed by atoms with Gasteiger partial charge in [0.1, 0.15) is 0 Å². The zero-order valence-electron chi connectivity index (χ0n) is 13.5. The molecule has 0 atom stereocenters. The smallest absolute Gasteiger partial charge is 0.0699 e. The van der Waals surface area contributed by atoms with Crippen LogP contribution in [0.15, 0.2) is 72.8 Å². The molecule has 0 N–H and O–H groups in total. The third-order valence-corrected chi connectivity index (χ3v) is 4.44. The van der Waals surface area contributed by atoms with E-state index in [-0.39, 0.29) is 0 Å². The average molecular weight is 300 g/mol. The number of hydrogen-bond acceptors (Lipinski definition) is 2. The molecule has 4 rings (SSSR count). The van der Waals surface area contributed by atoms with Gasteiger partial charge in [-0.15, -0.1) is 0 Å². The van der Waals surface area contributed by atoms with Crippen molar-refractivity contribution < 1.29 is 0 Å². The Balaban J connectivity index is 1.98. The molecule has 114 valence electrons. The Morgan fingerprint density at radius 2 is 1.13 bits per heavy atom. The molecule has 2 nitrogen and oxygen atoms in total. The fraction of sp³-hybridized carbons (Fsp3) is 0.143. The fourth-order valence-corrected chi connectivity index (χ4v) is 3.34. The molecule has 0 saturated carbocycles. The molecule has 0 unspecified atom stereocenters.